The monoisotopic (exact) mass is 420 g/mol. The molecule has 1 heterocycles. The van der Waals surface area contributed by atoms with Crippen LogP contribution in [-0.4, -0.2) is 8.42 Å². The number of nitriles is 1. The van der Waals surface area contributed by atoms with Crippen molar-refractivity contribution in [3.8, 4) is 6.07 Å². The van der Waals surface area contributed by atoms with Crippen LogP contribution >= 0.6 is 43.2 Å². The number of rotatable bonds is 3. The Labute approximate surface area is 131 Å². The van der Waals surface area contributed by atoms with Crippen LogP contribution in [0.2, 0.25) is 0 Å². The van der Waals surface area contributed by atoms with E-state index in [1.807, 2.05) is 6.07 Å². The minimum atomic E-state index is -3.68. The Morgan fingerprint density at radius 3 is 2.58 bits per heavy atom. The largest absolute Gasteiger partial charge is 0.278 e. The average Bonchev–Trinajstić information content (AvgIpc) is 2.83. The van der Waals surface area contributed by atoms with Crippen molar-refractivity contribution in [2.75, 3.05) is 4.72 Å². The lowest BCUT2D eigenvalue weighted by Gasteiger charge is -2.08. The number of sulfonamides is 1. The van der Waals surface area contributed by atoms with E-state index in [2.05, 4.69) is 36.6 Å². The van der Waals surface area contributed by atoms with Gasteiger partial charge in [0.2, 0.25) is 0 Å². The second kappa shape index (κ2) is 5.63. The predicted molar refractivity (Wildman–Crippen MR) is 81.7 cm³/mol. The maximum Gasteiger partial charge on any atom is 0.271 e. The fraction of sp³-hybridized carbons (Fsp3) is 0. The highest BCUT2D eigenvalue weighted by atomic mass is 79.9. The molecule has 0 aliphatic carbocycles. The topological polar surface area (TPSA) is 70.0 Å². The number of nitrogens with zero attached hydrogens (tertiary/aromatic N) is 1. The molecule has 0 aliphatic heterocycles. The molecule has 0 aliphatic rings. The molecule has 1 N–H and O–H groups in total. The summed E-state index contributed by atoms with van der Waals surface area (Å²) in [6.07, 6.45) is 0. The first-order valence-electron chi connectivity index (χ1n) is 4.90. The number of benzene rings is 1. The lowest BCUT2D eigenvalue weighted by atomic mass is 10.3. The van der Waals surface area contributed by atoms with Crippen LogP contribution in [0.5, 0.6) is 0 Å². The fourth-order valence-electron chi connectivity index (χ4n) is 1.30. The number of thiophene rings is 1. The van der Waals surface area contributed by atoms with E-state index >= 15 is 0 Å². The Morgan fingerprint density at radius 1 is 1.21 bits per heavy atom. The summed E-state index contributed by atoms with van der Waals surface area (Å²) in [7, 11) is -3.68. The van der Waals surface area contributed by atoms with Crippen molar-refractivity contribution < 1.29 is 8.42 Å². The summed E-state index contributed by atoms with van der Waals surface area (Å²) >= 11 is 7.49. The van der Waals surface area contributed by atoms with Crippen molar-refractivity contribution in [2.45, 2.75) is 4.21 Å². The van der Waals surface area contributed by atoms with Crippen molar-refractivity contribution in [1.82, 2.24) is 0 Å². The van der Waals surface area contributed by atoms with Crippen LogP contribution in [-0.2, 0) is 10.0 Å². The van der Waals surface area contributed by atoms with Crippen molar-refractivity contribution >= 4 is 58.9 Å². The van der Waals surface area contributed by atoms with Gasteiger partial charge in [-0.2, -0.15) is 5.26 Å². The first kappa shape index (κ1) is 14.5. The maximum atomic E-state index is 12.1. The first-order chi connectivity index (χ1) is 8.92. The number of hydrogen-bond acceptors (Lipinski definition) is 4. The van der Waals surface area contributed by atoms with E-state index in [9.17, 15) is 8.42 Å². The number of hydrogen-bond donors (Lipinski definition) is 1. The number of nitrogens with one attached hydrogen (secondary N) is 1. The van der Waals surface area contributed by atoms with Crippen LogP contribution < -0.4 is 4.72 Å². The van der Waals surface area contributed by atoms with E-state index in [0.29, 0.717) is 15.0 Å². The minimum absolute atomic E-state index is 0.107. The standard InChI is InChI=1S/C11H6Br2N2O2S2/c12-7-1-3-9(13)10(5-7)15-19(16,17)11-4-2-8(6-14)18-11/h1-5,15H. The molecular weight excluding hydrogens is 416 g/mol. The summed E-state index contributed by atoms with van der Waals surface area (Å²) in [5.41, 5.74) is 0.432. The fourth-order valence-corrected chi connectivity index (χ4v) is 4.31. The molecular formula is C11H6Br2N2O2S2. The molecule has 0 amide bonds. The highest BCUT2D eigenvalue weighted by Gasteiger charge is 2.18. The van der Waals surface area contributed by atoms with Gasteiger partial charge >= 0.3 is 0 Å². The van der Waals surface area contributed by atoms with Crippen LogP contribution in [0.15, 0.2) is 43.5 Å². The van der Waals surface area contributed by atoms with Crippen LogP contribution in [0.25, 0.3) is 0 Å². The Bertz CT molecular complexity index is 763. The zero-order valence-corrected chi connectivity index (χ0v) is 14.0. The third-order valence-corrected chi connectivity index (χ3v) is 6.16. The summed E-state index contributed by atoms with van der Waals surface area (Å²) in [4.78, 5) is 0.355. The summed E-state index contributed by atoms with van der Waals surface area (Å²) in [5, 5.41) is 8.72. The van der Waals surface area contributed by atoms with E-state index in [4.69, 9.17) is 5.26 Å². The molecule has 2 rings (SSSR count). The van der Waals surface area contributed by atoms with Crippen molar-refractivity contribution in [1.29, 1.82) is 5.26 Å². The molecule has 2 aromatic rings. The molecule has 1 aromatic carbocycles. The van der Waals surface area contributed by atoms with Gasteiger partial charge in [0.15, 0.2) is 0 Å². The molecule has 0 atom stereocenters. The van der Waals surface area contributed by atoms with E-state index in [1.54, 1.807) is 18.2 Å². The van der Waals surface area contributed by atoms with Gasteiger partial charge in [0.05, 0.1) is 5.69 Å². The summed E-state index contributed by atoms with van der Waals surface area (Å²) in [6.45, 7) is 0. The predicted octanol–water partition coefficient (Wildman–Crippen LogP) is 3.95. The summed E-state index contributed by atoms with van der Waals surface area (Å²) < 4.78 is 28.3. The molecule has 0 radical (unpaired) electrons. The quantitative estimate of drug-likeness (QED) is 0.815. The molecule has 0 saturated carbocycles. The van der Waals surface area contributed by atoms with Gasteiger partial charge in [-0.3, -0.25) is 4.72 Å². The van der Waals surface area contributed by atoms with Crippen LogP contribution in [0.4, 0.5) is 5.69 Å². The molecule has 19 heavy (non-hydrogen) atoms. The molecule has 0 unspecified atom stereocenters. The van der Waals surface area contributed by atoms with Gasteiger partial charge < -0.3 is 0 Å². The van der Waals surface area contributed by atoms with Crippen LogP contribution in [0, 0.1) is 11.3 Å². The van der Waals surface area contributed by atoms with Crippen LogP contribution in [0.1, 0.15) is 4.88 Å². The second-order valence-corrected chi connectivity index (χ2v) is 8.22. The zero-order valence-electron chi connectivity index (χ0n) is 9.22. The Kier molecular flexibility index (Phi) is 4.30. The molecule has 8 heteroatoms. The van der Waals surface area contributed by atoms with Gasteiger partial charge in [-0.15, -0.1) is 11.3 Å². The molecule has 0 spiro atoms. The number of anilines is 1. The van der Waals surface area contributed by atoms with Crippen molar-refractivity contribution in [3.63, 3.8) is 0 Å². The van der Waals surface area contributed by atoms with Gasteiger partial charge in [-0.1, -0.05) is 15.9 Å². The third kappa shape index (κ3) is 3.36. The highest BCUT2D eigenvalue weighted by molar-refractivity contribution is 9.11. The lowest BCUT2D eigenvalue weighted by molar-refractivity contribution is 0.603. The number of halogens is 2. The Hall–Kier alpha value is -0.880. The maximum absolute atomic E-state index is 12.1. The van der Waals surface area contributed by atoms with Crippen molar-refractivity contribution in [2.24, 2.45) is 0 Å². The van der Waals surface area contributed by atoms with Gasteiger partial charge in [0, 0.05) is 8.95 Å². The molecule has 0 bridgehead atoms. The lowest BCUT2D eigenvalue weighted by Crippen LogP contribution is -2.11. The zero-order chi connectivity index (χ0) is 14.0. The van der Waals surface area contributed by atoms with E-state index in [1.165, 1.54) is 12.1 Å². The SMILES string of the molecule is N#Cc1ccc(S(=O)(=O)Nc2cc(Br)ccc2Br)s1. The van der Waals surface area contributed by atoms with Gasteiger partial charge in [-0.05, 0) is 46.3 Å². The molecule has 0 fully saturated rings. The highest BCUT2D eigenvalue weighted by Crippen LogP contribution is 2.30. The Morgan fingerprint density at radius 2 is 1.95 bits per heavy atom. The molecule has 98 valence electrons. The van der Waals surface area contributed by atoms with E-state index in [-0.39, 0.29) is 4.21 Å². The minimum Gasteiger partial charge on any atom is -0.278 e. The second-order valence-electron chi connectivity index (χ2n) is 3.46. The summed E-state index contributed by atoms with van der Waals surface area (Å²) in [5.74, 6) is 0. The van der Waals surface area contributed by atoms with E-state index in [0.717, 1.165) is 15.8 Å². The molecule has 4 nitrogen and oxygen atoms in total. The normalized spacial score (nSPS) is 11.0. The third-order valence-electron chi connectivity index (χ3n) is 2.13. The molecule has 1 aromatic heterocycles. The smallest absolute Gasteiger partial charge is 0.271 e. The summed E-state index contributed by atoms with van der Waals surface area (Å²) in [6, 6.07) is 9.99. The van der Waals surface area contributed by atoms with Gasteiger partial charge in [-0.25, -0.2) is 8.42 Å². The van der Waals surface area contributed by atoms with E-state index < -0.39 is 10.0 Å². The van der Waals surface area contributed by atoms with Gasteiger partial charge in [0.25, 0.3) is 10.0 Å². The van der Waals surface area contributed by atoms with Gasteiger partial charge in [0.1, 0.15) is 15.2 Å². The Balaban J connectivity index is 2.36. The van der Waals surface area contributed by atoms with Crippen LogP contribution in [0.3, 0.4) is 0 Å². The average molecular weight is 422 g/mol. The van der Waals surface area contributed by atoms with Crippen molar-refractivity contribution in [3.05, 3.63) is 44.2 Å². The first-order valence-corrected chi connectivity index (χ1v) is 8.79. The molecule has 0 saturated heterocycles.